The van der Waals surface area contributed by atoms with Gasteiger partial charge in [-0.25, -0.2) is 0 Å². The summed E-state index contributed by atoms with van der Waals surface area (Å²) >= 11 is 8.98. The number of hydrogen-bond donors (Lipinski definition) is 0. The smallest absolute Gasteiger partial charge is 0.346 e. The highest BCUT2D eigenvalue weighted by molar-refractivity contribution is 9.10. The minimum atomic E-state index is -0.951. The molecule has 4 nitrogen and oxygen atoms in total. The van der Waals surface area contributed by atoms with Crippen LogP contribution in [-0.4, -0.2) is 4.92 Å². The number of para-hydroxylation sites is 1. The molecule has 2 aromatic carbocycles. The Hall–Kier alpha value is -1.66. The second-order valence-corrected chi connectivity index (χ2v) is 4.81. The van der Waals surface area contributed by atoms with E-state index in [9.17, 15) is 14.5 Å². The van der Waals surface area contributed by atoms with Crippen molar-refractivity contribution < 1.29 is 14.1 Å². The van der Waals surface area contributed by atoms with Crippen molar-refractivity contribution in [2.45, 2.75) is 0 Å². The molecule has 0 saturated heterocycles. The molecule has 19 heavy (non-hydrogen) atoms. The molecule has 0 aliphatic heterocycles. The first kappa shape index (κ1) is 13.8. The van der Waals surface area contributed by atoms with Crippen molar-refractivity contribution in [2.24, 2.45) is 0 Å². The lowest BCUT2D eigenvalue weighted by Crippen LogP contribution is -1.96. The zero-order chi connectivity index (χ0) is 14.0. The predicted molar refractivity (Wildman–Crippen MR) is 72.3 cm³/mol. The van der Waals surface area contributed by atoms with E-state index in [4.69, 9.17) is 16.3 Å². The van der Waals surface area contributed by atoms with Gasteiger partial charge in [-0.05, 0) is 46.3 Å². The average Bonchev–Trinajstić information content (AvgIpc) is 2.32. The Bertz CT molecular complexity index is 651. The molecule has 0 aromatic heterocycles. The first-order valence-corrected chi connectivity index (χ1v) is 6.22. The molecule has 0 amide bonds. The zero-order valence-electron chi connectivity index (χ0n) is 9.27. The summed E-state index contributed by atoms with van der Waals surface area (Å²) in [6, 6.07) is 8.32. The van der Waals surface area contributed by atoms with E-state index in [1.807, 2.05) is 0 Å². The molecule has 98 valence electrons. The first-order valence-electron chi connectivity index (χ1n) is 5.05. The highest BCUT2D eigenvalue weighted by Crippen LogP contribution is 2.37. The summed E-state index contributed by atoms with van der Waals surface area (Å²) in [6.45, 7) is 0. The summed E-state index contributed by atoms with van der Waals surface area (Å²) < 4.78 is 19.3. The van der Waals surface area contributed by atoms with Gasteiger partial charge in [0.2, 0.25) is 11.6 Å². The number of nitro benzene ring substituents is 1. The SMILES string of the molecule is O=[N+]([O-])c1c(F)cccc1Oc1ccc(Cl)cc1Br. The van der Waals surface area contributed by atoms with Gasteiger partial charge in [0.15, 0.2) is 0 Å². The van der Waals surface area contributed by atoms with Gasteiger partial charge in [-0.1, -0.05) is 17.7 Å². The van der Waals surface area contributed by atoms with Crippen LogP contribution in [0.3, 0.4) is 0 Å². The van der Waals surface area contributed by atoms with Gasteiger partial charge in [-0.2, -0.15) is 4.39 Å². The molecule has 0 unspecified atom stereocenters. The van der Waals surface area contributed by atoms with Crippen molar-refractivity contribution >= 4 is 33.2 Å². The lowest BCUT2D eigenvalue weighted by Gasteiger charge is -2.08. The molecule has 0 aliphatic rings. The van der Waals surface area contributed by atoms with E-state index in [0.717, 1.165) is 6.07 Å². The highest BCUT2D eigenvalue weighted by Gasteiger charge is 2.22. The van der Waals surface area contributed by atoms with E-state index in [2.05, 4.69) is 15.9 Å². The fourth-order valence-corrected chi connectivity index (χ4v) is 2.20. The predicted octanol–water partition coefficient (Wildman–Crippen LogP) is 4.94. The van der Waals surface area contributed by atoms with Crippen LogP contribution in [-0.2, 0) is 0 Å². The van der Waals surface area contributed by atoms with Crippen molar-refractivity contribution in [1.29, 1.82) is 0 Å². The van der Waals surface area contributed by atoms with Crippen molar-refractivity contribution in [2.75, 3.05) is 0 Å². The number of nitrogens with zero attached hydrogens (tertiary/aromatic N) is 1. The molecule has 0 radical (unpaired) electrons. The molecule has 0 atom stereocenters. The van der Waals surface area contributed by atoms with Crippen LogP contribution in [0.5, 0.6) is 11.5 Å². The Labute approximate surface area is 121 Å². The second-order valence-electron chi connectivity index (χ2n) is 3.52. The van der Waals surface area contributed by atoms with Crippen LogP contribution in [0.1, 0.15) is 0 Å². The fraction of sp³-hybridized carbons (Fsp3) is 0. The number of benzene rings is 2. The van der Waals surface area contributed by atoms with Crippen molar-refractivity contribution in [3.8, 4) is 11.5 Å². The topological polar surface area (TPSA) is 52.4 Å². The molecule has 0 N–H and O–H groups in total. The molecule has 2 aromatic rings. The van der Waals surface area contributed by atoms with Crippen LogP contribution < -0.4 is 4.74 Å². The Morgan fingerprint density at radius 2 is 2.00 bits per heavy atom. The monoisotopic (exact) mass is 345 g/mol. The number of nitro groups is 1. The van der Waals surface area contributed by atoms with Gasteiger partial charge >= 0.3 is 5.69 Å². The van der Waals surface area contributed by atoms with Gasteiger partial charge in [0.05, 0.1) is 9.40 Å². The lowest BCUT2D eigenvalue weighted by atomic mass is 10.3. The summed E-state index contributed by atoms with van der Waals surface area (Å²) in [4.78, 5) is 10.00. The Morgan fingerprint density at radius 1 is 1.26 bits per heavy atom. The normalized spacial score (nSPS) is 10.3. The van der Waals surface area contributed by atoms with Gasteiger partial charge in [0.1, 0.15) is 5.75 Å². The molecule has 0 saturated carbocycles. The maximum Gasteiger partial charge on any atom is 0.346 e. The quantitative estimate of drug-likeness (QED) is 0.584. The Balaban J connectivity index is 2.44. The summed E-state index contributed by atoms with van der Waals surface area (Å²) in [5, 5.41) is 11.3. The number of halogens is 3. The Kier molecular flexibility index (Phi) is 4.01. The van der Waals surface area contributed by atoms with Gasteiger partial charge in [-0.15, -0.1) is 0 Å². The second kappa shape index (κ2) is 5.54. The maximum atomic E-state index is 13.4. The van der Waals surface area contributed by atoms with Crippen LogP contribution in [0.15, 0.2) is 40.9 Å². The van der Waals surface area contributed by atoms with E-state index < -0.39 is 16.4 Å². The van der Waals surface area contributed by atoms with E-state index in [1.54, 1.807) is 12.1 Å². The van der Waals surface area contributed by atoms with E-state index in [0.29, 0.717) is 15.2 Å². The molecule has 2 rings (SSSR count). The van der Waals surface area contributed by atoms with E-state index in [-0.39, 0.29) is 5.75 Å². The van der Waals surface area contributed by atoms with Crippen LogP contribution >= 0.6 is 27.5 Å². The molecule has 0 heterocycles. The maximum absolute atomic E-state index is 13.4. The fourth-order valence-electron chi connectivity index (χ4n) is 1.43. The number of hydrogen-bond acceptors (Lipinski definition) is 3. The zero-order valence-corrected chi connectivity index (χ0v) is 11.6. The van der Waals surface area contributed by atoms with Gasteiger partial charge in [0, 0.05) is 5.02 Å². The van der Waals surface area contributed by atoms with Crippen LogP contribution in [0.25, 0.3) is 0 Å². The van der Waals surface area contributed by atoms with Gasteiger partial charge in [-0.3, -0.25) is 10.1 Å². The first-order chi connectivity index (χ1) is 8.99. The minimum Gasteiger partial charge on any atom is -0.449 e. The molecular formula is C12H6BrClFNO3. The lowest BCUT2D eigenvalue weighted by molar-refractivity contribution is -0.388. The summed E-state index contributed by atoms with van der Waals surface area (Å²) in [6.07, 6.45) is 0. The third kappa shape index (κ3) is 3.02. The summed E-state index contributed by atoms with van der Waals surface area (Å²) in [5.74, 6) is -0.821. The highest BCUT2D eigenvalue weighted by atomic mass is 79.9. The van der Waals surface area contributed by atoms with Crippen molar-refractivity contribution in [3.63, 3.8) is 0 Å². The largest absolute Gasteiger partial charge is 0.449 e. The molecule has 0 aliphatic carbocycles. The van der Waals surface area contributed by atoms with Crippen LogP contribution in [0, 0.1) is 15.9 Å². The standard InChI is InChI=1S/C12H6BrClFNO3/c13-8-6-7(14)4-5-10(8)19-11-3-1-2-9(15)12(11)16(17)18/h1-6H. The summed E-state index contributed by atoms with van der Waals surface area (Å²) in [5.41, 5.74) is -0.704. The molecule has 0 bridgehead atoms. The van der Waals surface area contributed by atoms with Gasteiger partial charge < -0.3 is 4.74 Å². The summed E-state index contributed by atoms with van der Waals surface area (Å²) in [7, 11) is 0. The number of ether oxygens (including phenoxy) is 1. The third-order valence-electron chi connectivity index (χ3n) is 2.25. The van der Waals surface area contributed by atoms with Crippen LogP contribution in [0.4, 0.5) is 10.1 Å². The molecule has 0 spiro atoms. The molecule has 0 fully saturated rings. The van der Waals surface area contributed by atoms with Gasteiger partial charge in [0.25, 0.3) is 0 Å². The third-order valence-corrected chi connectivity index (χ3v) is 3.10. The Morgan fingerprint density at radius 3 is 2.63 bits per heavy atom. The van der Waals surface area contributed by atoms with Crippen LogP contribution in [0.2, 0.25) is 5.02 Å². The molecular weight excluding hydrogens is 340 g/mol. The molecule has 7 heteroatoms. The van der Waals surface area contributed by atoms with E-state index >= 15 is 0 Å². The van der Waals surface area contributed by atoms with E-state index in [1.165, 1.54) is 18.2 Å². The number of rotatable bonds is 3. The minimum absolute atomic E-state index is 0.173. The average molecular weight is 347 g/mol. The van der Waals surface area contributed by atoms with Crippen molar-refractivity contribution in [3.05, 3.63) is 61.8 Å². The van der Waals surface area contributed by atoms with Crippen molar-refractivity contribution in [1.82, 2.24) is 0 Å².